The molecule has 0 bridgehead atoms. The zero-order chi connectivity index (χ0) is 19.2. The number of Topliss-reactive ketones (excluding diaryl/α,β-unsaturated/α-hetero) is 1. The van der Waals surface area contributed by atoms with E-state index in [0.717, 1.165) is 52.1 Å². The first-order chi connectivity index (χ1) is 13.1. The van der Waals surface area contributed by atoms with Gasteiger partial charge in [-0.05, 0) is 44.2 Å². The fourth-order valence-electron chi connectivity index (χ4n) is 4.29. The molecular formula is C21H30N2O4. The van der Waals surface area contributed by atoms with Crippen molar-refractivity contribution in [2.24, 2.45) is 5.92 Å². The fourth-order valence-corrected chi connectivity index (χ4v) is 4.29. The second kappa shape index (κ2) is 9.44. The van der Waals surface area contributed by atoms with Crippen LogP contribution in [-0.2, 0) is 4.74 Å². The van der Waals surface area contributed by atoms with Crippen LogP contribution in [0.3, 0.4) is 0 Å². The number of piperidine rings is 1. The van der Waals surface area contributed by atoms with Crippen LogP contribution < -0.4 is 0 Å². The lowest BCUT2D eigenvalue weighted by atomic mass is 9.86. The smallest absolute Gasteiger partial charge is 0.253 e. The van der Waals surface area contributed by atoms with Gasteiger partial charge in [-0.3, -0.25) is 14.5 Å². The second-order valence-electron chi connectivity index (χ2n) is 7.52. The Balaban J connectivity index is 1.71. The molecule has 2 atom stereocenters. The van der Waals surface area contributed by atoms with Crippen molar-refractivity contribution in [3.8, 4) is 0 Å². The van der Waals surface area contributed by atoms with E-state index in [9.17, 15) is 14.7 Å². The van der Waals surface area contributed by atoms with Gasteiger partial charge in [-0.25, -0.2) is 0 Å². The first kappa shape index (κ1) is 20.0. The zero-order valence-electron chi connectivity index (χ0n) is 16.1. The van der Waals surface area contributed by atoms with Gasteiger partial charge in [0.15, 0.2) is 5.78 Å². The summed E-state index contributed by atoms with van der Waals surface area (Å²) >= 11 is 0. The molecule has 0 radical (unpaired) electrons. The monoisotopic (exact) mass is 374 g/mol. The molecule has 0 saturated carbocycles. The van der Waals surface area contributed by atoms with E-state index >= 15 is 0 Å². The SMILES string of the molecule is CC(=O)c1cccc(C(=O)N2CC[C@H](N3CCOCC3)[C@H](CCCO)C2)c1. The summed E-state index contributed by atoms with van der Waals surface area (Å²) in [6.07, 6.45) is 2.61. The van der Waals surface area contributed by atoms with Crippen LogP contribution in [0.2, 0.25) is 0 Å². The van der Waals surface area contributed by atoms with Crippen molar-refractivity contribution in [3.05, 3.63) is 35.4 Å². The lowest BCUT2D eigenvalue weighted by Crippen LogP contribution is -2.55. The highest BCUT2D eigenvalue weighted by molar-refractivity contribution is 5.99. The molecule has 2 fully saturated rings. The summed E-state index contributed by atoms with van der Waals surface area (Å²) in [5.74, 6) is 0.313. The molecule has 0 unspecified atom stereocenters. The molecule has 27 heavy (non-hydrogen) atoms. The number of nitrogens with zero attached hydrogens (tertiary/aromatic N) is 2. The van der Waals surface area contributed by atoms with Gasteiger partial charge in [-0.15, -0.1) is 0 Å². The minimum absolute atomic E-state index is 0.00692. The number of hydrogen-bond acceptors (Lipinski definition) is 5. The van der Waals surface area contributed by atoms with Gasteiger partial charge in [0.25, 0.3) is 5.91 Å². The number of amides is 1. The molecule has 1 aromatic carbocycles. The van der Waals surface area contributed by atoms with E-state index in [-0.39, 0.29) is 18.3 Å². The lowest BCUT2D eigenvalue weighted by Gasteiger charge is -2.45. The minimum Gasteiger partial charge on any atom is -0.396 e. The molecule has 1 aromatic rings. The number of hydrogen-bond donors (Lipinski definition) is 1. The summed E-state index contributed by atoms with van der Waals surface area (Å²) in [5, 5.41) is 9.28. The molecule has 0 spiro atoms. The number of ether oxygens (including phenoxy) is 1. The maximum Gasteiger partial charge on any atom is 0.253 e. The highest BCUT2D eigenvalue weighted by Crippen LogP contribution is 2.28. The van der Waals surface area contributed by atoms with Crippen molar-refractivity contribution in [1.82, 2.24) is 9.80 Å². The van der Waals surface area contributed by atoms with Crippen LogP contribution in [0.5, 0.6) is 0 Å². The molecule has 1 amide bonds. The van der Waals surface area contributed by atoms with Crippen molar-refractivity contribution in [3.63, 3.8) is 0 Å². The third kappa shape index (κ3) is 4.94. The molecule has 2 aliphatic heterocycles. The predicted molar refractivity (Wildman–Crippen MR) is 103 cm³/mol. The third-order valence-corrected chi connectivity index (χ3v) is 5.74. The standard InChI is InChI=1S/C21H30N2O4/c1-16(25)17-4-2-5-18(14-17)21(26)23-8-7-20(19(15-23)6-3-11-24)22-9-12-27-13-10-22/h2,4-5,14,19-20,24H,3,6-13,15H2,1H3/t19-,20+/m1/s1. The number of likely N-dealkylation sites (tertiary alicyclic amines) is 1. The number of morpholine rings is 1. The van der Waals surface area contributed by atoms with Gasteiger partial charge in [0, 0.05) is 50.0 Å². The average molecular weight is 374 g/mol. The van der Waals surface area contributed by atoms with Gasteiger partial charge in [0.1, 0.15) is 0 Å². The summed E-state index contributed by atoms with van der Waals surface area (Å²) in [5.41, 5.74) is 1.15. The largest absolute Gasteiger partial charge is 0.396 e. The van der Waals surface area contributed by atoms with Crippen LogP contribution >= 0.6 is 0 Å². The van der Waals surface area contributed by atoms with Gasteiger partial charge in [0.05, 0.1) is 13.2 Å². The quantitative estimate of drug-likeness (QED) is 0.769. The minimum atomic E-state index is -0.0310. The Morgan fingerprint density at radius 3 is 2.63 bits per heavy atom. The number of benzene rings is 1. The molecule has 0 aromatic heterocycles. The van der Waals surface area contributed by atoms with E-state index in [4.69, 9.17) is 4.74 Å². The van der Waals surface area contributed by atoms with E-state index in [0.29, 0.717) is 29.6 Å². The molecule has 2 aliphatic rings. The summed E-state index contributed by atoms with van der Waals surface area (Å²) in [7, 11) is 0. The first-order valence-electron chi connectivity index (χ1n) is 9.93. The fraction of sp³-hybridized carbons (Fsp3) is 0.619. The molecule has 6 nitrogen and oxygen atoms in total. The number of aliphatic hydroxyl groups is 1. The molecule has 3 rings (SSSR count). The Hall–Kier alpha value is -1.76. The van der Waals surface area contributed by atoms with Crippen molar-refractivity contribution in [2.45, 2.75) is 32.2 Å². The maximum atomic E-state index is 13.0. The average Bonchev–Trinajstić information content (AvgIpc) is 2.72. The van der Waals surface area contributed by atoms with Crippen LogP contribution in [0, 0.1) is 5.92 Å². The Labute approximate surface area is 161 Å². The Kier molecular flexibility index (Phi) is 6.99. The number of aliphatic hydroxyl groups excluding tert-OH is 1. The number of carbonyl (C=O) groups excluding carboxylic acids is 2. The van der Waals surface area contributed by atoms with E-state index in [2.05, 4.69) is 4.90 Å². The highest BCUT2D eigenvalue weighted by Gasteiger charge is 2.35. The molecule has 0 aliphatic carbocycles. The summed E-state index contributed by atoms with van der Waals surface area (Å²) < 4.78 is 5.48. The Morgan fingerprint density at radius 2 is 1.93 bits per heavy atom. The molecule has 6 heteroatoms. The van der Waals surface area contributed by atoms with E-state index in [1.54, 1.807) is 24.3 Å². The van der Waals surface area contributed by atoms with Gasteiger partial charge >= 0.3 is 0 Å². The first-order valence-corrected chi connectivity index (χ1v) is 9.93. The number of ketones is 1. The number of carbonyl (C=O) groups is 2. The van der Waals surface area contributed by atoms with E-state index < -0.39 is 0 Å². The van der Waals surface area contributed by atoms with Crippen LogP contribution in [0.25, 0.3) is 0 Å². The molecular weight excluding hydrogens is 344 g/mol. The van der Waals surface area contributed by atoms with Crippen LogP contribution in [-0.4, -0.2) is 78.6 Å². The van der Waals surface area contributed by atoms with Gasteiger partial charge in [0.2, 0.25) is 0 Å². The second-order valence-corrected chi connectivity index (χ2v) is 7.52. The lowest BCUT2D eigenvalue weighted by molar-refractivity contribution is -0.0196. The van der Waals surface area contributed by atoms with Gasteiger partial charge < -0.3 is 14.7 Å². The molecule has 148 valence electrons. The van der Waals surface area contributed by atoms with Crippen molar-refractivity contribution in [1.29, 1.82) is 0 Å². The third-order valence-electron chi connectivity index (χ3n) is 5.74. The van der Waals surface area contributed by atoms with Crippen molar-refractivity contribution >= 4 is 11.7 Å². The van der Waals surface area contributed by atoms with Gasteiger partial charge in [-0.2, -0.15) is 0 Å². The Morgan fingerprint density at radius 1 is 1.19 bits per heavy atom. The van der Waals surface area contributed by atoms with Gasteiger partial charge in [-0.1, -0.05) is 12.1 Å². The summed E-state index contributed by atoms with van der Waals surface area (Å²) in [4.78, 5) is 29.0. The maximum absolute atomic E-state index is 13.0. The predicted octanol–water partition coefficient (Wildman–Crippen LogP) is 1.82. The van der Waals surface area contributed by atoms with Crippen molar-refractivity contribution in [2.75, 3.05) is 46.0 Å². The molecule has 1 N–H and O–H groups in total. The normalized spacial score (nSPS) is 24.0. The van der Waals surface area contributed by atoms with Crippen LogP contribution in [0.4, 0.5) is 0 Å². The Bertz CT molecular complexity index is 657. The number of rotatable bonds is 6. The van der Waals surface area contributed by atoms with E-state index in [1.165, 1.54) is 6.92 Å². The summed E-state index contributed by atoms with van der Waals surface area (Å²) in [6.45, 7) is 6.53. The zero-order valence-corrected chi connectivity index (χ0v) is 16.1. The topological polar surface area (TPSA) is 70.1 Å². The van der Waals surface area contributed by atoms with Crippen LogP contribution in [0.1, 0.15) is 46.9 Å². The molecule has 2 heterocycles. The van der Waals surface area contributed by atoms with Crippen LogP contribution in [0.15, 0.2) is 24.3 Å². The summed E-state index contributed by atoms with van der Waals surface area (Å²) in [6, 6.07) is 7.43. The molecule has 2 saturated heterocycles. The van der Waals surface area contributed by atoms with E-state index in [1.807, 2.05) is 4.90 Å². The van der Waals surface area contributed by atoms with Crippen molar-refractivity contribution < 1.29 is 19.4 Å². The highest BCUT2D eigenvalue weighted by atomic mass is 16.5.